The van der Waals surface area contributed by atoms with Gasteiger partial charge in [0.05, 0.1) is 11.9 Å². The topological polar surface area (TPSA) is 28.2 Å². The Morgan fingerprint density at radius 3 is 3.07 bits per heavy atom. The van der Waals surface area contributed by atoms with Crippen LogP contribution in [0.25, 0.3) is 0 Å². The third-order valence-corrected chi connectivity index (χ3v) is 3.66. The van der Waals surface area contributed by atoms with E-state index in [1.54, 1.807) is 0 Å². The van der Waals surface area contributed by atoms with E-state index in [0.717, 1.165) is 19.0 Å². The molecule has 0 amide bonds. The number of aromatic nitrogens is 1. The monoisotopic (exact) mass is 223 g/mol. The van der Waals surface area contributed by atoms with Crippen LogP contribution in [0.15, 0.2) is 18.3 Å². The predicted molar refractivity (Wildman–Crippen MR) is 61.4 cm³/mol. The first-order valence-corrected chi connectivity index (χ1v) is 5.80. The highest BCUT2D eigenvalue weighted by Gasteiger charge is 2.35. The van der Waals surface area contributed by atoms with E-state index in [0.29, 0.717) is 11.2 Å². The fraction of sp³-hybridized carbons (Fsp3) is 0.545. The van der Waals surface area contributed by atoms with Gasteiger partial charge in [0.25, 0.3) is 0 Å². The Labute approximate surface area is 94.4 Å². The fourth-order valence-corrected chi connectivity index (χ4v) is 2.73. The lowest BCUT2D eigenvalue weighted by Gasteiger charge is -2.18. The van der Waals surface area contributed by atoms with Gasteiger partial charge in [0.2, 0.25) is 0 Å². The average Bonchev–Trinajstić information content (AvgIpc) is 2.78. The maximum absolute atomic E-state index is 5.77. The van der Waals surface area contributed by atoms with Gasteiger partial charge in [-0.15, -0.1) is 0 Å². The minimum Gasteiger partial charge on any atom is -0.368 e. The zero-order valence-corrected chi connectivity index (χ0v) is 9.24. The van der Waals surface area contributed by atoms with Crippen LogP contribution in [-0.4, -0.2) is 30.7 Å². The lowest BCUT2D eigenvalue weighted by molar-refractivity contribution is 0.556. The second kappa shape index (κ2) is 3.65. The Bertz CT molecular complexity index is 339. The molecule has 1 aromatic heterocycles. The SMILES string of the molecule is Clc1ccc(N2CC3CCNC3C2)cn1. The van der Waals surface area contributed by atoms with E-state index in [4.69, 9.17) is 11.6 Å². The van der Waals surface area contributed by atoms with Crippen LogP contribution < -0.4 is 10.2 Å². The highest BCUT2D eigenvalue weighted by molar-refractivity contribution is 6.29. The molecule has 0 saturated carbocycles. The van der Waals surface area contributed by atoms with Crippen molar-refractivity contribution >= 4 is 17.3 Å². The van der Waals surface area contributed by atoms with Gasteiger partial charge in [-0.05, 0) is 31.0 Å². The van der Waals surface area contributed by atoms with Gasteiger partial charge in [0.1, 0.15) is 5.15 Å². The Morgan fingerprint density at radius 1 is 1.40 bits per heavy atom. The van der Waals surface area contributed by atoms with Gasteiger partial charge in [0.15, 0.2) is 0 Å². The van der Waals surface area contributed by atoms with Crippen LogP contribution in [0.4, 0.5) is 5.69 Å². The molecule has 2 aliphatic heterocycles. The summed E-state index contributed by atoms with van der Waals surface area (Å²) in [5.74, 6) is 0.820. The molecule has 0 radical (unpaired) electrons. The molecule has 80 valence electrons. The van der Waals surface area contributed by atoms with Crippen molar-refractivity contribution in [3.8, 4) is 0 Å². The maximum Gasteiger partial charge on any atom is 0.129 e. The number of nitrogens with one attached hydrogen (secondary N) is 1. The largest absolute Gasteiger partial charge is 0.368 e. The fourth-order valence-electron chi connectivity index (χ4n) is 2.62. The van der Waals surface area contributed by atoms with Gasteiger partial charge < -0.3 is 10.2 Å². The number of anilines is 1. The van der Waals surface area contributed by atoms with E-state index in [1.165, 1.54) is 18.7 Å². The summed E-state index contributed by atoms with van der Waals surface area (Å²) in [7, 11) is 0. The van der Waals surface area contributed by atoms with Crippen molar-refractivity contribution < 1.29 is 0 Å². The molecule has 0 aliphatic carbocycles. The summed E-state index contributed by atoms with van der Waals surface area (Å²) in [5.41, 5.74) is 1.19. The molecule has 2 aliphatic rings. The van der Waals surface area contributed by atoms with Crippen molar-refractivity contribution in [3.05, 3.63) is 23.5 Å². The molecule has 3 nitrogen and oxygen atoms in total. The van der Waals surface area contributed by atoms with Crippen LogP contribution in [0.2, 0.25) is 5.15 Å². The van der Waals surface area contributed by atoms with E-state index in [1.807, 2.05) is 12.3 Å². The molecule has 2 unspecified atom stereocenters. The van der Waals surface area contributed by atoms with Gasteiger partial charge in [-0.25, -0.2) is 4.98 Å². The van der Waals surface area contributed by atoms with Crippen LogP contribution in [0.3, 0.4) is 0 Å². The quantitative estimate of drug-likeness (QED) is 0.732. The first-order chi connectivity index (χ1) is 7.33. The minimum absolute atomic E-state index is 0.566. The lowest BCUT2D eigenvalue weighted by atomic mass is 10.1. The lowest BCUT2D eigenvalue weighted by Crippen LogP contribution is -2.30. The van der Waals surface area contributed by atoms with Crippen molar-refractivity contribution in [1.29, 1.82) is 0 Å². The number of halogens is 1. The average molecular weight is 224 g/mol. The summed E-state index contributed by atoms with van der Waals surface area (Å²) in [6.45, 7) is 3.44. The predicted octanol–water partition coefficient (Wildman–Crippen LogP) is 1.53. The molecule has 1 aromatic rings. The van der Waals surface area contributed by atoms with Crippen LogP contribution in [0, 0.1) is 5.92 Å². The summed E-state index contributed by atoms with van der Waals surface area (Å²) < 4.78 is 0. The first-order valence-electron chi connectivity index (χ1n) is 5.43. The van der Waals surface area contributed by atoms with Crippen molar-refractivity contribution in [1.82, 2.24) is 10.3 Å². The van der Waals surface area contributed by atoms with Gasteiger partial charge >= 0.3 is 0 Å². The minimum atomic E-state index is 0.566. The third kappa shape index (κ3) is 1.70. The second-order valence-electron chi connectivity index (χ2n) is 4.35. The second-order valence-corrected chi connectivity index (χ2v) is 4.74. The van der Waals surface area contributed by atoms with Crippen molar-refractivity contribution in [3.63, 3.8) is 0 Å². The number of rotatable bonds is 1. The first kappa shape index (κ1) is 9.43. The summed E-state index contributed by atoms with van der Waals surface area (Å²) in [6.07, 6.45) is 3.17. The summed E-state index contributed by atoms with van der Waals surface area (Å²) in [5, 5.41) is 4.11. The molecule has 3 rings (SSSR count). The van der Waals surface area contributed by atoms with Crippen LogP contribution in [0.5, 0.6) is 0 Å². The number of hydrogen-bond acceptors (Lipinski definition) is 3. The standard InChI is InChI=1S/C11H14ClN3/c12-11-2-1-9(5-14-11)15-6-8-3-4-13-10(8)7-15/h1-2,5,8,10,13H,3-4,6-7H2. The molecule has 3 heterocycles. The van der Waals surface area contributed by atoms with Gasteiger partial charge in [-0.1, -0.05) is 11.6 Å². The third-order valence-electron chi connectivity index (χ3n) is 3.44. The number of hydrogen-bond donors (Lipinski definition) is 1. The zero-order chi connectivity index (χ0) is 10.3. The number of fused-ring (bicyclic) bond motifs is 1. The van der Waals surface area contributed by atoms with E-state index in [-0.39, 0.29) is 0 Å². The molecule has 0 spiro atoms. The van der Waals surface area contributed by atoms with Crippen LogP contribution in [-0.2, 0) is 0 Å². The molecule has 1 N–H and O–H groups in total. The number of nitrogens with zero attached hydrogens (tertiary/aromatic N) is 2. The van der Waals surface area contributed by atoms with Gasteiger partial charge in [0, 0.05) is 19.1 Å². The van der Waals surface area contributed by atoms with E-state index in [2.05, 4.69) is 21.3 Å². The van der Waals surface area contributed by atoms with Crippen molar-refractivity contribution in [2.24, 2.45) is 5.92 Å². The maximum atomic E-state index is 5.77. The highest BCUT2D eigenvalue weighted by Crippen LogP contribution is 2.28. The van der Waals surface area contributed by atoms with E-state index in [9.17, 15) is 0 Å². The van der Waals surface area contributed by atoms with Gasteiger partial charge in [-0.2, -0.15) is 0 Å². The summed E-state index contributed by atoms with van der Waals surface area (Å²) in [6, 6.07) is 4.59. The molecular weight excluding hydrogens is 210 g/mol. The summed E-state index contributed by atoms with van der Waals surface area (Å²) in [4.78, 5) is 6.51. The Morgan fingerprint density at radius 2 is 2.33 bits per heavy atom. The van der Waals surface area contributed by atoms with Crippen LogP contribution in [0.1, 0.15) is 6.42 Å². The Kier molecular flexibility index (Phi) is 2.29. The molecule has 2 atom stereocenters. The number of pyridine rings is 1. The smallest absolute Gasteiger partial charge is 0.129 e. The van der Waals surface area contributed by atoms with Crippen molar-refractivity contribution in [2.45, 2.75) is 12.5 Å². The van der Waals surface area contributed by atoms with Gasteiger partial charge in [-0.3, -0.25) is 0 Å². The van der Waals surface area contributed by atoms with E-state index >= 15 is 0 Å². The molecule has 2 saturated heterocycles. The molecule has 4 heteroatoms. The van der Waals surface area contributed by atoms with E-state index < -0.39 is 0 Å². The Hall–Kier alpha value is -0.800. The normalized spacial score (nSPS) is 29.5. The summed E-state index contributed by atoms with van der Waals surface area (Å²) >= 11 is 5.77. The van der Waals surface area contributed by atoms with Crippen molar-refractivity contribution in [2.75, 3.05) is 24.5 Å². The molecule has 15 heavy (non-hydrogen) atoms. The molecule has 0 bridgehead atoms. The highest BCUT2D eigenvalue weighted by atomic mass is 35.5. The Balaban J connectivity index is 1.76. The molecular formula is C11H14ClN3. The molecule has 2 fully saturated rings. The zero-order valence-electron chi connectivity index (χ0n) is 8.49. The molecule has 0 aromatic carbocycles. The van der Waals surface area contributed by atoms with Crippen LogP contribution >= 0.6 is 11.6 Å².